The second kappa shape index (κ2) is 6.59. The Labute approximate surface area is 108 Å². The number of carbonyl (C=O) groups excluding carboxylic acids is 1. The Morgan fingerprint density at radius 1 is 1.61 bits per heavy atom. The highest BCUT2D eigenvalue weighted by Crippen LogP contribution is 2.14. The standard InChI is InChI=1S/C14H22N2O2/c1-11(13-6-4-10-18-13)16-14(17)8-7-12-5-2-3-9-15-12/h4,6,10-12,15H,2-3,5,7-9H2,1H3,(H,16,17)/t11-,12?/m0/s1. The Bertz CT molecular complexity index is 356. The smallest absolute Gasteiger partial charge is 0.220 e. The lowest BCUT2D eigenvalue weighted by molar-refractivity contribution is -0.122. The van der Waals surface area contributed by atoms with Crippen molar-refractivity contribution in [3.8, 4) is 0 Å². The highest BCUT2D eigenvalue weighted by atomic mass is 16.3. The molecular weight excluding hydrogens is 228 g/mol. The fourth-order valence-electron chi connectivity index (χ4n) is 2.40. The highest BCUT2D eigenvalue weighted by Gasteiger charge is 2.16. The summed E-state index contributed by atoms with van der Waals surface area (Å²) in [7, 11) is 0. The number of carbonyl (C=O) groups is 1. The summed E-state index contributed by atoms with van der Waals surface area (Å²) in [4.78, 5) is 11.8. The molecule has 2 atom stereocenters. The predicted molar refractivity (Wildman–Crippen MR) is 70.1 cm³/mol. The summed E-state index contributed by atoms with van der Waals surface area (Å²) in [5.41, 5.74) is 0. The van der Waals surface area contributed by atoms with Gasteiger partial charge in [-0.3, -0.25) is 4.79 Å². The lowest BCUT2D eigenvalue weighted by Crippen LogP contribution is -2.35. The van der Waals surface area contributed by atoms with Crippen molar-refractivity contribution in [2.45, 2.75) is 51.1 Å². The van der Waals surface area contributed by atoms with Crippen LogP contribution >= 0.6 is 0 Å². The molecule has 0 aromatic carbocycles. The van der Waals surface area contributed by atoms with Crippen molar-refractivity contribution >= 4 is 5.91 Å². The average molecular weight is 250 g/mol. The second-order valence-electron chi connectivity index (χ2n) is 4.99. The molecule has 4 nitrogen and oxygen atoms in total. The van der Waals surface area contributed by atoms with Gasteiger partial charge in [-0.25, -0.2) is 0 Å². The molecule has 2 rings (SSSR count). The van der Waals surface area contributed by atoms with E-state index in [0.717, 1.165) is 18.7 Å². The third-order valence-electron chi connectivity index (χ3n) is 3.48. The van der Waals surface area contributed by atoms with Crippen LogP contribution in [0.5, 0.6) is 0 Å². The number of hydrogen-bond donors (Lipinski definition) is 2. The lowest BCUT2D eigenvalue weighted by atomic mass is 10.0. The van der Waals surface area contributed by atoms with E-state index in [-0.39, 0.29) is 11.9 Å². The van der Waals surface area contributed by atoms with E-state index in [2.05, 4.69) is 10.6 Å². The Balaban J connectivity index is 1.68. The normalized spacial score (nSPS) is 21.5. The lowest BCUT2D eigenvalue weighted by Gasteiger charge is -2.23. The Morgan fingerprint density at radius 2 is 2.50 bits per heavy atom. The predicted octanol–water partition coefficient (Wildman–Crippen LogP) is 2.38. The summed E-state index contributed by atoms with van der Waals surface area (Å²) < 4.78 is 5.26. The molecule has 1 aromatic heterocycles. The van der Waals surface area contributed by atoms with E-state index >= 15 is 0 Å². The van der Waals surface area contributed by atoms with Gasteiger partial charge in [0.2, 0.25) is 5.91 Å². The maximum atomic E-state index is 11.8. The maximum absolute atomic E-state index is 11.8. The van der Waals surface area contributed by atoms with Crippen molar-refractivity contribution in [3.05, 3.63) is 24.2 Å². The van der Waals surface area contributed by atoms with E-state index in [1.165, 1.54) is 19.3 Å². The van der Waals surface area contributed by atoms with Crippen molar-refractivity contribution in [2.75, 3.05) is 6.54 Å². The molecule has 2 heterocycles. The number of piperidine rings is 1. The second-order valence-corrected chi connectivity index (χ2v) is 4.99. The van der Waals surface area contributed by atoms with Gasteiger partial charge in [-0.1, -0.05) is 6.42 Å². The highest BCUT2D eigenvalue weighted by molar-refractivity contribution is 5.76. The molecule has 1 aliphatic heterocycles. The zero-order valence-electron chi connectivity index (χ0n) is 10.9. The van der Waals surface area contributed by atoms with E-state index in [0.29, 0.717) is 12.5 Å². The van der Waals surface area contributed by atoms with Gasteiger partial charge in [0.15, 0.2) is 0 Å². The molecule has 1 fully saturated rings. The van der Waals surface area contributed by atoms with Gasteiger partial charge in [0.25, 0.3) is 0 Å². The number of rotatable bonds is 5. The van der Waals surface area contributed by atoms with Crippen molar-refractivity contribution in [3.63, 3.8) is 0 Å². The van der Waals surface area contributed by atoms with Crippen molar-refractivity contribution in [1.82, 2.24) is 10.6 Å². The molecular formula is C14H22N2O2. The van der Waals surface area contributed by atoms with Crippen LogP contribution in [0.4, 0.5) is 0 Å². The molecule has 4 heteroatoms. The first-order valence-electron chi connectivity index (χ1n) is 6.82. The monoisotopic (exact) mass is 250 g/mol. The quantitative estimate of drug-likeness (QED) is 0.843. The van der Waals surface area contributed by atoms with Crippen LogP contribution in [0, 0.1) is 0 Å². The van der Waals surface area contributed by atoms with Gasteiger partial charge in [-0.15, -0.1) is 0 Å². The third kappa shape index (κ3) is 3.88. The minimum Gasteiger partial charge on any atom is -0.467 e. The number of amides is 1. The van der Waals surface area contributed by atoms with E-state index in [1.807, 2.05) is 19.1 Å². The summed E-state index contributed by atoms with van der Waals surface area (Å²) in [5, 5.41) is 6.42. The Morgan fingerprint density at radius 3 is 3.17 bits per heavy atom. The largest absolute Gasteiger partial charge is 0.467 e. The van der Waals surface area contributed by atoms with Crippen LogP contribution in [-0.2, 0) is 4.79 Å². The minimum atomic E-state index is -0.0492. The SMILES string of the molecule is C[C@H](NC(=O)CCC1CCCCN1)c1ccco1. The molecule has 1 amide bonds. The Hall–Kier alpha value is -1.29. The zero-order chi connectivity index (χ0) is 12.8. The van der Waals surface area contributed by atoms with Crippen molar-refractivity contribution in [2.24, 2.45) is 0 Å². The maximum Gasteiger partial charge on any atom is 0.220 e. The van der Waals surface area contributed by atoms with Crippen LogP contribution in [0.3, 0.4) is 0 Å². The molecule has 0 radical (unpaired) electrons. The third-order valence-corrected chi connectivity index (χ3v) is 3.48. The first-order valence-corrected chi connectivity index (χ1v) is 6.82. The van der Waals surface area contributed by atoms with Crippen LogP contribution in [0.2, 0.25) is 0 Å². The molecule has 1 saturated heterocycles. The number of hydrogen-bond acceptors (Lipinski definition) is 3. The topological polar surface area (TPSA) is 54.3 Å². The van der Waals surface area contributed by atoms with Crippen molar-refractivity contribution < 1.29 is 9.21 Å². The first kappa shape index (κ1) is 13.1. The van der Waals surface area contributed by atoms with Crippen LogP contribution in [-0.4, -0.2) is 18.5 Å². The fourth-order valence-corrected chi connectivity index (χ4v) is 2.40. The summed E-state index contributed by atoms with van der Waals surface area (Å²) in [5.74, 6) is 0.908. The van der Waals surface area contributed by atoms with E-state index in [1.54, 1.807) is 6.26 Å². The Kier molecular flexibility index (Phi) is 4.81. The minimum absolute atomic E-state index is 0.0492. The number of nitrogens with one attached hydrogen (secondary N) is 2. The summed E-state index contributed by atoms with van der Waals surface area (Å²) in [6.45, 7) is 3.03. The summed E-state index contributed by atoms with van der Waals surface area (Å²) in [6.07, 6.45) is 6.88. The molecule has 0 aliphatic carbocycles. The summed E-state index contributed by atoms with van der Waals surface area (Å²) in [6, 6.07) is 4.19. The van der Waals surface area contributed by atoms with E-state index in [9.17, 15) is 4.79 Å². The van der Waals surface area contributed by atoms with Crippen LogP contribution < -0.4 is 10.6 Å². The van der Waals surface area contributed by atoms with Gasteiger partial charge < -0.3 is 15.1 Å². The van der Waals surface area contributed by atoms with Crippen molar-refractivity contribution in [1.29, 1.82) is 0 Å². The van der Waals surface area contributed by atoms with Gasteiger partial charge in [-0.05, 0) is 44.9 Å². The van der Waals surface area contributed by atoms with Gasteiger partial charge in [0.1, 0.15) is 5.76 Å². The molecule has 100 valence electrons. The van der Waals surface area contributed by atoms with Gasteiger partial charge in [0, 0.05) is 12.5 Å². The average Bonchev–Trinajstić information content (AvgIpc) is 2.91. The summed E-state index contributed by atoms with van der Waals surface area (Å²) >= 11 is 0. The first-order chi connectivity index (χ1) is 8.75. The molecule has 0 spiro atoms. The number of furan rings is 1. The molecule has 1 aromatic rings. The molecule has 1 aliphatic rings. The molecule has 0 bridgehead atoms. The molecule has 2 N–H and O–H groups in total. The van der Waals surface area contributed by atoms with Gasteiger partial charge in [-0.2, -0.15) is 0 Å². The molecule has 1 unspecified atom stereocenters. The zero-order valence-corrected chi connectivity index (χ0v) is 10.9. The molecule has 0 saturated carbocycles. The van der Waals surface area contributed by atoms with Gasteiger partial charge in [0.05, 0.1) is 12.3 Å². The van der Waals surface area contributed by atoms with Crippen LogP contribution in [0.1, 0.15) is 50.8 Å². The van der Waals surface area contributed by atoms with E-state index < -0.39 is 0 Å². The molecule has 18 heavy (non-hydrogen) atoms. The van der Waals surface area contributed by atoms with Gasteiger partial charge >= 0.3 is 0 Å². The van der Waals surface area contributed by atoms with E-state index in [4.69, 9.17) is 4.42 Å². The fraction of sp³-hybridized carbons (Fsp3) is 0.643. The van der Waals surface area contributed by atoms with Crippen LogP contribution in [0.25, 0.3) is 0 Å². The van der Waals surface area contributed by atoms with Crippen LogP contribution in [0.15, 0.2) is 22.8 Å².